The fraction of sp³-hybridized carbons (Fsp3) is 0.233. The van der Waals surface area contributed by atoms with Crippen molar-refractivity contribution in [2.75, 3.05) is 13.7 Å². The molecule has 0 fully saturated rings. The van der Waals surface area contributed by atoms with Crippen molar-refractivity contribution in [2.45, 2.75) is 33.7 Å². The highest BCUT2D eigenvalue weighted by Gasteiger charge is 2.33. The Morgan fingerprint density at radius 2 is 1.80 bits per heavy atom. The maximum Gasteiger partial charge on any atom is 0.338 e. The summed E-state index contributed by atoms with van der Waals surface area (Å²) in [6.07, 6.45) is 1.82. The van der Waals surface area contributed by atoms with Crippen molar-refractivity contribution >= 4 is 29.1 Å². The second kappa shape index (κ2) is 11.0. The number of hydrogen-bond acceptors (Lipinski definition) is 8. The number of nitro benzene ring substituents is 1. The van der Waals surface area contributed by atoms with Gasteiger partial charge in [-0.05, 0) is 75.2 Å². The lowest BCUT2D eigenvalue weighted by Crippen LogP contribution is -2.39. The lowest BCUT2D eigenvalue weighted by molar-refractivity contribution is -0.384. The van der Waals surface area contributed by atoms with Crippen LogP contribution in [0.25, 0.3) is 11.8 Å². The molecule has 2 aromatic heterocycles. The summed E-state index contributed by atoms with van der Waals surface area (Å²) < 4.78 is 14.7. The van der Waals surface area contributed by atoms with Crippen LogP contribution < -0.4 is 19.6 Å². The highest BCUT2D eigenvalue weighted by Crippen LogP contribution is 2.31. The molecule has 3 heterocycles. The van der Waals surface area contributed by atoms with Crippen molar-refractivity contribution in [3.8, 4) is 11.4 Å². The molecule has 5 rings (SSSR count). The molecule has 0 amide bonds. The maximum absolute atomic E-state index is 13.9. The molecule has 1 atom stereocenters. The molecule has 0 saturated carbocycles. The van der Waals surface area contributed by atoms with Crippen LogP contribution in [0.3, 0.4) is 0 Å². The van der Waals surface area contributed by atoms with Crippen molar-refractivity contribution in [1.82, 2.24) is 9.13 Å². The van der Waals surface area contributed by atoms with Crippen LogP contribution >= 0.6 is 11.3 Å². The molecule has 1 aliphatic rings. The maximum atomic E-state index is 13.9. The van der Waals surface area contributed by atoms with E-state index in [0.29, 0.717) is 26.4 Å². The van der Waals surface area contributed by atoms with Gasteiger partial charge in [0.05, 0.1) is 40.5 Å². The Hall–Kier alpha value is -4.77. The first-order valence-electron chi connectivity index (χ1n) is 12.9. The van der Waals surface area contributed by atoms with E-state index in [1.165, 1.54) is 23.5 Å². The standard InChI is InChI=1S/C30H28N4O6S/c1-6-40-29(36)26-18(3)31-30-33(27(26)20-7-13-24(39-5)14-8-20)28(35)25(41-30)16-21-15-17(2)32(19(21)4)22-9-11-23(12-10-22)34(37)38/h7-16,27H,6H2,1-5H3/b25-16-/t27-/m1/s1. The first-order valence-corrected chi connectivity index (χ1v) is 13.7. The third-order valence-corrected chi connectivity index (χ3v) is 8.01. The number of hydrogen-bond donors (Lipinski definition) is 0. The van der Waals surface area contributed by atoms with Crippen molar-refractivity contribution in [3.63, 3.8) is 0 Å². The van der Waals surface area contributed by atoms with Crippen molar-refractivity contribution in [1.29, 1.82) is 0 Å². The van der Waals surface area contributed by atoms with Crippen LogP contribution in [0.1, 0.15) is 42.4 Å². The van der Waals surface area contributed by atoms with Gasteiger partial charge in [-0.15, -0.1) is 0 Å². The SMILES string of the molecule is CCOC(=O)C1=C(C)N=c2s/c(=C\c3cc(C)n(-c4ccc([N+](=O)[O-])cc4)c3C)c(=O)n2[C@@H]1c1ccc(OC)cc1. The van der Waals surface area contributed by atoms with E-state index in [9.17, 15) is 19.7 Å². The summed E-state index contributed by atoms with van der Waals surface area (Å²) in [5.41, 5.74) is 4.66. The fourth-order valence-corrected chi connectivity index (χ4v) is 6.13. The Kier molecular flexibility index (Phi) is 7.46. The smallest absolute Gasteiger partial charge is 0.338 e. The first kappa shape index (κ1) is 27.8. The molecule has 0 bridgehead atoms. The second-order valence-corrected chi connectivity index (χ2v) is 10.5. The Morgan fingerprint density at radius 1 is 1.12 bits per heavy atom. The number of thiazole rings is 1. The lowest BCUT2D eigenvalue weighted by Gasteiger charge is -2.24. The Morgan fingerprint density at radius 3 is 2.41 bits per heavy atom. The summed E-state index contributed by atoms with van der Waals surface area (Å²) in [5, 5.41) is 11.1. The van der Waals surface area contributed by atoms with Crippen molar-refractivity contribution in [3.05, 3.63) is 118 Å². The predicted molar refractivity (Wildman–Crippen MR) is 155 cm³/mol. The summed E-state index contributed by atoms with van der Waals surface area (Å²) >= 11 is 1.25. The van der Waals surface area contributed by atoms with Gasteiger partial charge >= 0.3 is 5.97 Å². The van der Waals surface area contributed by atoms with Gasteiger partial charge in [0.25, 0.3) is 11.2 Å². The molecule has 0 spiro atoms. The molecule has 10 nitrogen and oxygen atoms in total. The van der Waals surface area contributed by atoms with E-state index in [1.54, 1.807) is 49.8 Å². The van der Waals surface area contributed by atoms with Crippen LogP contribution in [-0.2, 0) is 9.53 Å². The van der Waals surface area contributed by atoms with Gasteiger partial charge in [0.1, 0.15) is 5.75 Å². The summed E-state index contributed by atoms with van der Waals surface area (Å²) in [5.74, 6) is 0.137. The van der Waals surface area contributed by atoms with Crippen LogP contribution in [0.2, 0.25) is 0 Å². The van der Waals surface area contributed by atoms with E-state index < -0.39 is 16.9 Å². The molecule has 41 heavy (non-hydrogen) atoms. The van der Waals surface area contributed by atoms with Gasteiger partial charge in [0, 0.05) is 29.2 Å². The number of aromatic nitrogens is 2. The number of nitro groups is 1. The number of carbonyl (C=O) groups excluding carboxylic acids is 1. The Balaban J connectivity index is 1.65. The minimum atomic E-state index is -0.717. The van der Waals surface area contributed by atoms with Gasteiger partial charge in [-0.25, -0.2) is 9.79 Å². The number of ether oxygens (including phenoxy) is 2. The lowest BCUT2D eigenvalue weighted by atomic mass is 9.96. The molecular formula is C30H28N4O6S. The minimum Gasteiger partial charge on any atom is -0.497 e. The highest BCUT2D eigenvalue weighted by molar-refractivity contribution is 7.07. The average molecular weight is 573 g/mol. The second-order valence-electron chi connectivity index (χ2n) is 9.51. The monoisotopic (exact) mass is 572 g/mol. The van der Waals surface area contributed by atoms with Gasteiger partial charge in [-0.3, -0.25) is 19.5 Å². The minimum absolute atomic E-state index is 0.0152. The number of benzene rings is 2. The number of non-ortho nitro benzene ring substituents is 1. The van der Waals surface area contributed by atoms with E-state index in [0.717, 1.165) is 28.2 Å². The van der Waals surface area contributed by atoms with E-state index in [1.807, 2.05) is 42.7 Å². The van der Waals surface area contributed by atoms with Crippen LogP contribution in [0.4, 0.5) is 5.69 Å². The van der Waals surface area contributed by atoms with Crippen LogP contribution in [0.5, 0.6) is 5.75 Å². The van der Waals surface area contributed by atoms with Crippen LogP contribution in [0.15, 0.2) is 75.7 Å². The van der Waals surface area contributed by atoms with E-state index in [4.69, 9.17) is 9.47 Å². The number of rotatable bonds is 7. The molecule has 4 aromatic rings. The predicted octanol–water partition coefficient (Wildman–Crippen LogP) is 4.12. The number of aryl methyl sites for hydroxylation is 1. The number of fused-ring (bicyclic) bond motifs is 1. The van der Waals surface area contributed by atoms with Crippen LogP contribution in [0, 0.1) is 24.0 Å². The summed E-state index contributed by atoms with van der Waals surface area (Å²) in [7, 11) is 1.57. The molecule has 0 saturated heterocycles. The number of carbonyl (C=O) groups is 1. The topological polar surface area (TPSA) is 118 Å². The molecule has 0 unspecified atom stereocenters. The molecule has 0 N–H and O–H groups in total. The molecule has 0 radical (unpaired) electrons. The van der Waals surface area contributed by atoms with E-state index in [2.05, 4.69) is 4.99 Å². The largest absolute Gasteiger partial charge is 0.497 e. The average Bonchev–Trinajstić information content (AvgIpc) is 3.41. The first-order chi connectivity index (χ1) is 19.6. The highest BCUT2D eigenvalue weighted by atomic mass is 32.1. The molecule has 0 aliphatic carbocycles. The van der Waals surface area contributed by atoms with Gasteiger partial charge in [0.15, 0.2) is 4.80 Å². The van der Waals surface area contributed by atoms with Gasteiger partial charge in [-0.2, -0.15) is 0 Å². The Bertz CT molecular complexity index is 1880. The number of methoxy groups -OCH3 is 1. The van der Waals surface area contributed by atoms with Gasteiger partial charge in [0.2, 0.25) is 0 Å². The molecule has 1 aliphatic heterocycles. The fourth-order valence-electron chi connectivity index (χ4n) is 5.09. The van der Waals surface area contributed by atoms with E-state index in [-0.39, 0.29) is 17.9 Å². The Labute approximate surface area is 239 Å². The molecule has 11 heteroatoms. The number of nitrogens with zero attached hydrogens (tertiary/aromatic N) is 4. The summed E-state index contributed by atoms with van der Waals surface area (Å²) in [6, 6.07) is 14.8. The zero-order valence-electron chi connectivity index (χ0n) is 23.2. The van der Waals surface area contributed by atoms with Crippen molar-refractivity contribution in [2.24, 2.45) is 4.99 Å². The number of esters is 1. The van der Waals surface area contributed by atoms with Gasteiger partial charge in [-0.1, -0.05) is 23.5 Å². The quantitative estimate of drug-likeness (QED) is 0.187. The normalized spacial score (nSPS) is 15.0. The zero-order chi connectivity index (χ0) is 29.4. The molecule has 2 aromatic carbocycles. The van der Waals surface area contributed by atoms with Gasteiger partial charge < -0.3 is 14.0 Å². The third kappa shape index (κ3) is 5.00. The molecule has 210 valence electrons. The molecular weight excluding hydrogens is 544 g/mol. The summed E-state index contributed by atoms with van der Waals surface area (Å²) in [4.78, 5) is 42.8. The third-order valence-electron chi connectivity index (χ3n) is 7.02. The van der Waals surface area contributed by atoms with E-state index >= 15 is 0 Å². The van der Waals surface area contributed by atoms with Crippen LogP contribution in [-0.4, -0.2) is 33.7 Å². The zero-order valence-corrected chi connectivity index (χ0v) is 24.0. The summed E-state index contributed by atoms with van der Waals surface area (Å²) in [6.45, 7) is 7.54. The number of allylic oxidation sites excluding steroid dienone is 1. The van der Waals surface area contributed by atoms with Crippen molar-refractivity contribution < 1.29 is 19.2 Å².